The van der Waals surface area contributed by atoms with Crippen LogP contribution in [0.3, 0.4) is 0 Å². The van der Waals surface area contributed by atoms with Gasteiger partial charge >= 0.3 is 5.97 Å². The van der Waals surface area contributed by atoms with Crippen molar-refractivity contribution in [3.63, 3.8) is 0 Å². The summed E-state index contributed by atoms with van der Waals surface area (Å²) < 4.78 is 4.98. The van der Waals surface area contributed by atoms with Crippen molar-refractivity contribution in [3.05, 3.63) is 17.5 Å². The first-order valence-electron chi connectivity index (χ1n) is 7.95. The Morgan fingerprint density at radius 2 is 2.05 bits per heavy atom. The van der Waals surface area contributed by atoms with Crippen LogP contribution in [-0.4, -0.2) is 22.1 Å². The molecule has 3 saturated carbocycles. The Bertz CT molecular complexity index is 634. The van der Waals surface area contributed by atoms with Gasteiger partial charge in [-0.25, -0.2) is 0 Å². The van der Waals surface area contributed by atoms with E-state index in [4.69, 9.17) is 4.52 Å². The monoisotopic (exact) mass is 304 g/mol. The first-order chi connectivity index (χ1) is 10.5. The molecule has 3 aliphatic carbocycles. The van der Waals surface area contributed by atoms with Crippen molar-refractivity contribution in [2.75, 3.05) is 0 Å². The summed E-state index contributed by atoms with van der Waals surface area (Å²) in [6.07, 6.45) is 4.15. The highest BCUT2D eigenvalue weighted by atomic mass is 16.5. The van der Waals surface area contributed by atoms with Crippen molar-refractivity contribution in [1.82, 2.24) is 10.5 Å². The lowest BCUT2D eigenvalue weighted by Crippen LogP contribution is -2.41. The molecule has 6 heteroatoms. The number of carboxylic acid groups (broad SMARTS) is 1. The number of nitrogens with zero attached hydrogens (tertiary/aromatic N) is 1. The number of aryl methyl sites for hydroxylation is 1. The van der Waals surface area contributed by atoms with Gasteiger partial charge in [0.1, 0.15) is 11.5 Å². The standard InChI is InChI=1S/C16H20N2O4/c1-8-6-9(18-22-8)7-17-14(19)12-10-2-3-11(13(12)15(20)21)16(10)4-5-16/h6,10-13H,2-5,7H2,1H3,(H,17,19)(H,20,21)/t10-,11+,12?,13+/m0/s1. The molecule has 0 aliphatic heterocycles. The normalized spacial score (nSPS) is 34.0. The summed E-state index contributed by atoms with van der Waals surface area (Å²) in [5.41, 5.74) is 0.831. The molecule has 1 unspecified atom stereocenters. The van der Waals surface area contributed by atoms with E-state index in [1.165, 1.54) is 0 Å². The molecule has 2 N–H and O–H groups in total. The van der Waals surface area contributed by atoms with E-state index in [9.17, 15) is 14.7 Å². The third-order valence-corrected chi connectivity index (χ3v) is 6.06. The topological polar surface area (TPSA) is 92.4 Å². The number of amides is 1. The molecule has 1 amide bonds. The molecule has 4 atom stereocenters. The Labute approximate surface area is 128 Å². The number of hydrogen-bond donors (Lipinski definition) is 2. The second kappa shape index (κ2) is 4.57. The Hall–Kier alpha value is -1.85. The lowest BCUT2D eigenvalue weighted by atomic mass is 9.78. The minimum absolute atomic E-state index is 0.133. The van der Waals surface area contributed by atoms with Gasteiger partial charge in [0.05, 0.1) is 18.4 Å². The summed E-state index contributed by atoms with van der Waals surface area (Å²) in [5.74, 6) is -0.698. The summed E-state index contributed by atoms with van der Waals surface area (Å²) in [7, 11) is 0. The fraction of sp³-hybridized carbons (Fsp3) is 0.688. The van der Waals surface area contributed by atoms with Gasteiger partial charge in [-0.1, -0.05) is 5.16 Å². The van der Waals surface area contributed by atoms with Crippen LogP contribution in [0.1, 0.15) is 37.1 Å². The molecular weight excluding hydrogens is 284 g/mol. The van der Waals surface area contributed by atoms with Gasteiger partial charge < -0.3 is 14.9 Å². The molecule has 118 valence electrons. The summed E-state index contributed by atoms with van der Waals surface area (Å²) in [6, 6.07) is 1.78. The van der Waals surface area contributed by atoms with Crippen LogP contribution in [0.5, 0.6) is 0 Å². The largest absolute Gasteiger partial charge is 0.481 e. The van der Waals surface area contributed by atoms with Gasteiger partial charge in [-0.15, -0.1) is 0 Å². The molecule has 22 heavy (non-hydrogen) atoms. The number of nitrogens with one attached hydrogen (secondary N) is 1. The molecule has 1 heterocycles. The average molecular weight is 304 g/mol. The van der Waals surface area contributed by atoms with Gasteiger partial charge in [0.2, 0.25) is 5.91 Å². The Balaban J connectivity index is 1.50. The first kappa shape index (κ1) is 13.8. The van der Waals surface area contributed by atoms with E-state index in [1.807, 2.05) is 0 Å². The van der Waals surface area contributed by atoms with Gasteiger partial charge in [0.25, 0.3) is 0 Å². The van der Waals surface area contributed by atoms with Crippen LogP contribution in [0.4, 0.5) is 0 Å². The zero-order valence-corrected chi connectivity index (χ0v) is 12.5. The summed E-state index contributed by atoms with van der Waals surface area (Å²) in [6.45, 7) is 2.09. The lowest BCUT2D eigenvalue weighted by molar-refractivity contribution is -0.149. The van der Waals surface area contributed by atoms with Crippen LogP contribution >= 0.6 is 0 Å². The predicted molar refractivity (Wildman–Crippen MR) is 75.6 cm³/mol. The number of hydrogen-bond acceptors (Lipinski definition) is 4. The summed E-state index contributed by atoms with van der Waals surface area (Å²) >= 11 is 0. The maximum Gasteiger partial charge on any atom is 0.307 e. The van der Waals surface area contributed by atoms with E-state index in [1.54, 1.807) is 13.0 Å². The molecule has 0 radical (unpaired) electrons. The van der Waals surface area contributed by atoms with Gasteiger partial charge in [0, 0.05) is 6.07 Å². The Morgan fingerprint density at radius 1 is 1.36 bits per heavy atom. The Morgan fingerprint density at radius 3 is 2.59 bits per heavy atom. The van der Waals surface area contributed by atoms with E-state index < -0.39 is 11.9 Å². The summed E-state index contributed by atoms with van der Waals surface area (Å²) in [4.78, 5) is 24.3. The van der Waals surface area contributed by atoms with Crippen molar-refractivity contribution in [3.8, 4) is 0 Å². The van der Waals surface area contributed by atoms with E-state index in [2.05, 4.69) is 10.5 Å². The van der Waals surface area contributed by atoms with Crippen LogP contribution in [-0.2, 0) is 16.1 Å². The number of aliphatic carboxylic acids is 1. The minimum atomic E-state index is -0.809. The maximum absolute atomic E-state index is 12.6. The van der Waals surface area contributed by atoms with Crippen LogP contribution in [0.15, 0.2) is 10.6 Å². The van der Waals surface area contributed by atoms with Gasteiger partial charge in [-0.2, -0.15) is 0 Å². The minimum Gasteiger partial charge on any atom is -0.481 e. The number of carbonyl (C=O) groups is 2. The second-order valence-electron chi connectivity index (χ2n) is 7.06. The van der Waals surface area contributed by atoms with Crippen molar-refractivity contribution < 1.29 is 19.2 Å². The van der Waals surface area contributed by atoms with Crippen LogP contribution in [0.2, 0.25) is 0 Å². The molecule has 4 rings (SSSR count). The predicted octanol–water partition coefficient (Wildman–Crippen LogP) is 1.74. The molecular formula is C16H20N2O4. The molecule has 0 saturated heterocycles. The molecule has 3 aliphatic rings. The third kappa shape index (κ3) is 1.82. The highest BCUT2D eigenvalue weighted by Crippen LogP contribution is 2.74. The number of carbonyl (C=O) groups excluding carboxylic acids is 1. The number of aromatic nitrogens is 1. The van der Waals surface area contributed by atoms with Gasteiger partial charge in [-0.3, -0.25) is 9.59 Å². The van der Waals surface area contributed by atoms with E-state index >= 15 is 0 Å². The van der Waals surface area contributed by atoms with E-state index in [0.717, 1.165) is 25.7 Å². The Kier molecular flexibility index (Phi) is 2.86. The van der Waals surface area contributed by atoms with Crippen LogP contribution < -0.4 is 5.32 Å². The molecule has 6 nitrogen and oxygen atoms in total. The first-order valence-corrected chi connectivity index (χ1v) is 7.95. The second-order valence-corrected chi connectivity index (χ2v) is 7.06. The number of carboxylic acids is 1. The van der Waals surface area contributed by atoms with E-state index in [0.29, 0.717) is 18.0 Å². The molecule has 0 aromatic carbocycles. The van der Waals surface area contributed by atoms with Crippen molar-refractivity contribution in [1.29, 1.82) is 0 Å². The highest BCUT2D eigenvalue weighted by Gasteiger charge is 2.71. The third-order valence-electron chi connectivity index (χ3n) is 6.06. The fourth-order valence-electron chi connectivity index (χ4n) is 5.14. The molecule has 1 aromatic rings. The molecule has 2 bridgehead atoms. The quantitative estimate of drug-likeness (QED) is 0.884. The zero-order chi connectivity index (χ0) is 15.5. The molecule has 3 fully saturated rings. The van der Waals surface area contributed by atoms with Crippen molar-refractivity contribution in [2.45, 2.75) is 39.2 Å². The molecule has 1 spiro atoms. The molecule has 1 aromatic heterocycles. The smallest absolute Gasteiger partial charge is 0.307 e. The zero-order valence-electron chi connectivity index (χ0n) is 12.5. The highest BCUT2D eigenvalue weighted by molar-refractivity contribution is 5.86. The van der Waals surface area contributed by atoms with Crippen molar-refractivity contribution >= 4 is 11.9 Å². The van der Waals surface area contributed by atoms with Crippen LogP contribution in [0.25, 0.3) is 0 Å². The van der Waals surface area contributed by atoms with Crippen LogP contribution in [0, 0.1) is 36.0 Å². The SMILES string of the molecule is Cc1cc(CNC(=O)C2[C@H](C(=O)O)[C@H]3CC[C@@H]2C32CC2)no1. The maximum atomic E-state index is 12.6. The van der Waals surface area contributed by atoms with E-state index in [-0.39, 0.29) is 29.1 Å². The van der Waals surface area contributed by atoms with Gasteiger partial charge in [0.15, 0.2) is 0 Å². The lowest BCUT2D eigenvalue weighted by Gasteiger charge is -2.26. The van der Waals surface area contributed by atoms with Crippen molar-refractivity contribution in [2.24, 2.45) is 29.1 Å². The average Bonchev–Trinajstić information content (AvgIpc) is 2.96. The number of rotatable bonds is 4. The van der Waals surface area contributed by atoms with Gasteiger partial charge in [-0.05, 0) is 49.9 Å². The fourth-order valence-corrected chi connectivity index (χ4v) is 5.14. The summed E-state index contributed by atoms with van der Waals surface area (Å²) in [5, 5.41) is 16.3.